The van der Waals surface area contributed by atoms with Gasteiger partial charge in [0.1, 0.15) is 5.82 Å². The van der Waals surface area contributed by atoms with Gasteiger partial charge in [-0.3, -0.25) is 14.3 Å². The summed E-state index contributed by atoms with van der Waals surface area (Å²) in [6.07, 6.45) is 0. The number of carbonyl (C=O) groups is 1. The number of anilines is 1. The van der Waals surface area contributed by atoms with Crippen LogP contribution in [-0.2, 0) is 6.67 Å². The highest BCUT2D eigenvalue weighted by molar-refractivity contribution is 6.35. The monoisotopic (exact) mass is 465 g/mol. The molecule has 0 aliphatic carbocycles. The van der Waals surface area contributed by atoms with E-state index in [4.69, 9.17) is 16.0 Å². The van der Waals surface area contributed by atoms with Gasteiger partial charge in [0.2, 0.25) is 0 Å². The highest BCUT2D eigenvalue weighted by atomic mass is 35.5. The summed E-state index contributed by atoms with van der Waals surface area (Å²) in [5.41, 5.74) is 2.82. The fraction of sp³-hybridized carbons (Fsp3) is 0.200. The van der Waals surface area contributed by atoms with Gasteiger partial charge < -0.3 is 9.32 Å². The number of halogens is 2. The minimum atomic E-state index is -0.465. The predicted octanol–water partition coefficient (Wildman–Crippen LogP) is 4.40. The van der Waals surface area contributed by atoms with Crippen LogP contribution in [0.25, 0.3) is 11.1 Å². The van der Waals surface area contributed by atoms with Gasteiger partial charge >= 0.3 is 5.76 Å². The van der Waals surface area contributed by atoms with Crippen molar-refractivity contribution in [2.75, 3.05) is 31.1 Å². The van der Waals surface area contributed by atoms with Crippen LogP contribution in [0.2, 0.25) is 5.02 Å². The fourth-order valence-electron chi connectivity index (χ4n) is 4.14. The van der Waals surface area contributed by atoms with Gasteiger partial charge in [0, 0.05) is 43.0 Å². The normalized spacial score (nSPS) is 14.7. The molecular weight excluding hydrogens is 445 g/mol. The van der Waals surface area contributed by atoms with Crippen molar-refractivity contribution in [3.8, 4) is 0 Å². The minimum Gasteiger partial charge on any atom is -0.408 e. The third kappa shape index (κ3) is 4.29. The maximum Gasteiger partial charge on any atom is 0.421 e. The largest absolute Gasteiger partial charge is 0.421 e. The molecular formula is C25H21ClFN3O3. The Balaban J connectivity index is 1.35. The van der Waals surface area contributed by atoms with Crippen molar-refractivity contribution < 1.29 is 13.6 Å². The second-order valence-corrected chi connectivity index (χ2v) is 8.42. The Bertz CT molecular complexity index is 1370. The molecule has 5 rings (SSSR count). The standard InChI is InChI=1S/C25H21ClFN3O3/c26-21-4-2-1-3-20(21)24(31)17-5-10-23-22(15-17)30(25(32)33-23)16-28-11-13-29(14-12-28)19-8-6-18(27)7-9-19/h1-10,15H,11-14,16H2. The summed E-state index contributed by atoms with van der Waals surface area (Å²) < 4.78 is 20.1. The Morgan fingerprint density at radius 2 is 1.70 bits per heavy atom. The molecule has 4 aromatic rings. The first kappa shape index (κ1) is 21.4. The number of benzene rings is 3. The lowest BCUT2D eigenvalue weighted by Gasteiger charge is -2.36. The van der Waals surface area contributed by atoms with Crippen molar-refractivity contribution >= 4 is 34.2 Å². The molecule has 1 aliphatic rings. The molecule has 8 heteroatoms. The van der Waals surface area contributed by atoms with Gasteiger partial charge in [-0.2, -0.15) is 0 Å². The predicted molar refractivity (Wildman–Crippen MR) is 126 cm³/mol. The molecule has 0 saturated carbocycles. The third-order valence-corrected chi connectivity index (χ3v) is 6.28. The minimum absolute atomic E-state index is 0.212. The average Bonchev–Trinajstić information content (AvgIpc) is 3.14. The van der Waals surface area contributed by atoms with Crippen molar-refractivity contribution in [2.45, 2.75) is 6.67 Å². The van der Waals surface area contributed by atoms with Crippen LogP contribution in [0.4, 0.5) is 10.1 Å². The molecule has 0 spiro atoms. The van der Waals surface area contributed by atoms with Gasteiger partial charge in [-0.1, -0.05) is 23.7 Å². The van der Waals surface area contributed by atoms with E-state index in [1.54, 1.807) is 59.2 Å². The van der Waals surface area contributed by atoms with E-state index in [2.05, 4.69) is 9.80 Å². The lowest BCUT2D eigenvalue weighted by atomic mass is 10.0. The molecule has 2 heterocycles. The van der Waals surface area contributed by atoms with E-state index in [0.29, 0.717) is 33.9 Å². The number of carbonyl (C=O) groups excluding carboxylic acids is 1. The number of oxazole rings is 1. The van der Waals surface area contributed by atoms with E-state index >= 15 is 0 Å². The molecule has 33 heavy (non-hydrogen) atoms. The molecule has 0 radical (unpaired) electrons. The molecule has 1 aliphatic heterocycles. The van der Waals surface area contributed by atoms with Crippen LogP contribution in [0.15, 0.2) is 75.9 Å². The Labute approximate surface area is 194 Å². The van der Waals surface area contributed by atoms with Gasteiger partial charge in [0.05, 0.1) is 17.2 Å². The van der Waals surface area contributed by atoms with E-state index in [1.165, 1.54) is 12.1 Å². The molecule has 0 atom stereocenters. The third-order valence-electron chi connectivity index (χ3n) is 5.95. The van der Waals surface area contributed by atoms with E-state index in [0.717, 1.165) is 31.9 Å². The number of piperazine rings is 1. The van der Waals surface area contributed by atoms with E-state index in [9.17, 15) is 14.0 Å². The molecule has 0 N–H and O–H groups in total. The molecule has 6 nitrogen and oxygen atoms in total. The smallest absolute Gasteiger partial charge is 0.408 e. The van der Waals surface area contributed by atoms with Crippen molar-refractivity contribution in [1.29, 1.82) is 0 Å². The van der Waals surface area contributed by atoms with E-state index in [-0.39, 0.29) is 11.6 Å². The fourth-order valence-corrected chi connectivity index (χ4v) is 4.36. The first-order valence-corrected chi connectivity index (χ1v) is 11.0. The van der Waals surface area contributed by atoms with Crippen LogP contribution < -0.4 is 10.7 Å². The van der Waals surface area contributed by atoms with Gasteiger partial charge in [-0.05, 0) is 54.6 Å². The number of hydrogen-bond acceptors (Lipinski definition) is 5. The summed E-state index contributed by atoms with van der Waals surface area (Å²) in [6, 6.07) is 18.3. The lowest BCUT2D eigenvalue weighted by Crippen LogP contribution is -2.47. The molecule has 3 aromatic carbocycles. The molecule has 168 valence electrons. The van der Waals surface area contributed by atoms with Crippen LogP contribution in [0.1, 0.15) is 15.9 Å². The topological polar surface area (TPSA) is 58.7 Å². The lowest BCUT2D eigenvalue weighted by molar-refractivity contribution is 0.103. The Kier molecular flexibility index (Phi) is 5.74. The highest BCUT2D eigenvalue weighted by Crippen LogP contribution is 2.23. The van der Waals surface area contributed by atoms with Gasteiger partial charge in [-0.25, -0.2) is 9.18 Å². The van der Waals surface area contributed by atoms with E-state index in [1.807, 2.05) is 0 Å². The van der Waals surface area contributed by atoms with Crippen LogP contribution >= 0.6 is 11.6 Å². The zero-order valence-electron chi connectivity index (χ0n) is 17.7. The Morgan fingerprint density at radius 3 is 2.42 bits per heavy atom. The van der Waals surface area contributed by atoms with Crippen molar-refractivity contribution in [3.05, 3.63) is 99.2 Å². The first-order chi connectivity index (χ1) is 16.0. The van der Waals surface area contributed by atoms with Crippen LogP contribution in [0.3, 0.4) is 0 Å². The maximum atomic E-state index is 13.2. The summed E-state index contributed by atoms with van der Waals surface area (Å²) >= 11 is 6.19. The zero-order valence-corrected chi connectivity index (χ0v) is 18.5. The number of rotatable bonds is 5. The number of hydrogen-bond donors (Lipinski definition) is 0. The second-order valence-electron chi connectivity index (χ2n) is 8.01. The summed E-state index contributed by atoms with van der Waals surface area (Å²) in [7, 11) is 0. The summed E-state index contributed by atoms with van der Waals surface area (Å²) in [5, 5.41) is 0.381. The molecule has 1 saturated heterocycles. The number of aromatic nitrogens is 1. The number of ketones is 1. The van der Waals surface area contributed by atoms with Crippen LogP contribution in [-0.4, -0.2) is 41.4 Å². The number of fused-ring (bicyclic) bond motifs is 1. The van der Waals surface area contributed by atoms with Crippen molar-refractivity contribution in [3.63, 3.8) is 0 Å². The Hall–Kier alpha value is -3.42. The highest BCUT2D eigenvalue weighted by Gasteiger charge is 2.21. The van der Waals surface area contributed by atoms with Crippen molar-refractivity contribution in [1.82, 2.24) is 9.47 Å². The summed E-state index contributed by atoms with van der Waals surface area (Å²) in [5.74, 6) is -0.931. The van der Waals surface area contributed by atoms with Crippen LogP contribution in [0.5, 0.6) is 0 Å². The summed E-state index contributed by atoms with van der Waals surface area (Å²) in [4.78, 5) is 29.9. The molecule has 1 fully saturated rings. The molecule has 0 bridgehead atoms. The van der Waals surface area contributed by atoms with Gasteiger partial charge in [0.25, 0.3) is 0 Å². The van der Waals surface area contributed by atoms with Crippen LogP contribution in [0, 0.1) is 5.82 Å². The van der Waals surface area contributed by atoms with Crippen molar-refractivity contribution in [2.24, 2.45) is 0 Å². The SMILES string of the molecule is O=C(c1ccc2oc(=O)n(CN3CCN(c4ccc(F)cc4)CC3)c2c1)c1ccccc1Cl. The average molecular weight is 466 g/mol. The Morgan fingerprint density at radius 1 is 0.970 bits per heavy atom. The number of nitrogens with zero attached hydrogens (tertiary/aromatic N) is 3. The van der Waals surface area contributed by atoms with Gasteiger partial charge in [-0.15, -0.1) is 0 Å². The molecule has 1 aromatic heterocycles. The maximum absolute atomic E-state index is 13.2. The first-order valence-electron chi connectivity index (χ1n) is 10.6. The van der Waals surface area contributed by atoms with Gasteiger partial charge in [0.15, 0.2) is 11.4 Å². The summed E-state index contributed by atoms with van der Waals surface area (Å²) in [6.45, 7) is 3.33. The second kappa shape index (κ2) is 8.84. The molecule has 0 unspecified atom stereocenters. The quantitative estimate of drug-likeness (QED) is 0.409. The van der Waals surface area contributed by atoms with E-state index < -0.39 is 5.76 Å². The molecule has 0 amide bonds. The zero-order chi connectivity index (χ0) is 22.9.